The molecule has 0 radical (unpaired) electrons. The standard InChI is InChI=1S/C23H22F5N3O3.C22H19F5N4O2/c24-17-8-9-19(18(25)12-17)31(22(34)30-10-2-1-3-11-30)14-15-4-6-16(7-5-15)20(32)13-29-21(33)23(26,27)28;23-16-8-9-18(17(24)12-16)31(21(32)30-10-2-1-3-11-30)13-14-4-6-15(7-5-14)19-28-29-20(33-19)22(25,26)27/h4-9,12H,1-3,10-11,13-14H2,(H,29,33);4-9,12H,1-3,10-11,13H2. The van der Waals surface area contributed by atoms with E-state index < -0.39 is 71.8 Å². The molecule has 1 aromatic heterocycles. The maximum atomic E-state index is 14.5. The SMILES string of the molecule is O=C(CNC(=O)C(F)(F)F)c1ccc(CN(C(=O)N2CCCCC2)c2ccc(F)cc2F)cc1.O=C(N1CCCCC1)N(Cc1ccc(-c2nnc(C(F)(F)F)o2)cc1)c1ccc(F)cc1F. The minimum atomic E-state index is -5.09. The summed E-state index contributed by atoms with van der Waals surface area (Å²) in [6.07, 6.45) is -4.56. The van der Waals surface area contributed by atoms with Crippen molar-refractivity contribution in [3.8, 4) is 11.5 Å². The van der Waals surface area contributed by atoms with Crippen LogP contribution in [-0.2, 0) is 24.1 Å². The van der Waals surface area contributed by atoms with Crippen molar-refractivity contribution in [2.24, 2.45) is 0 Å². The number of ketones is 1. The highest BCUT2D eigenvalue weighted by atomic mass is 19.4. The van der Waals surface area contributed by atoms with Crippen molar-refractivity contribution in [3.63, 3.8) is 0 Å². The van der Waals surface area contributed by atoms with E-state index >= 15 is 0 Å². The third-order valence-corrected chi connectivity index (χ3v) is 10.6. The lowest BCUT2D eigenvalue weighted by molar-refractivity contribution is -0.173. The molecule has 1 N–H and O–H groups in total. The Morgan fingerprint density at radius 3 is 1.45 bits per heavy atom. The van der Waals surface area contributed by atoms with E-state index in [-0.39, 0.29) is 41.5 Å². The number of Topliss-reactive ketones (excluding diaryl/α,β-unsaturated/α-hetero) is 1. The summed E-state index contributed by atoms with van der Waals surface area (Å²) < 4.78 is 135. The average Bonchev–Trinajstić information content (AvgIpc) is 3.82. The van der Waals surface area contributed by atoms with E-state index in [0.29, 0.717) is 49.4 Å². The number of amides is 5. The number of rotatable bonds is 10. The predicted octanol–water partition coefficient (Wildman–Crippen LogP) is 10.1. The molecule has 2 saturated heterocycles. The van der Waals surface area contributed by atoms with E-state index in [2.05, 4.69) is 14.6 Å². The number of benzene rings is 4. The molecule has 2 fully saturated rings. The van der Waals surface area contributed by atoms with Gasteiger partial charge in [0, 0.05) is 49.4 Å². The minimum Gasteiger partial charge on any atom is -0.413 e. The number of likely N-dealkylation sites (tertiary alicyclic amines) is 2. The van der Waals surface area contributed by atoms with E-state index in [1.54, 1.807) is 21.9 Å². The van der Waals surface area contributed by atoms with E-state index in [9.17, 15) is 63.1 Å². The normalized spacial score (nSPS) is 14.2. The first-order chi connectivity index (χ1) is 31.8. The Morgan fingerprint density at radius 1 is 0.597 bits per heavy atom. The van der Waals surface area contributed by atoms with Crippen LogP contribution in [0.15, 0.2) is 89.3 Å². The number of hydrogen-bond acceptors (Lipinski definition) is 7. The molecular formula is C45H41F10N7O5. The zero-order valence-corrected chi connectivity index (χ0v) is 35.3. The number of aromatic nitrogens is 2. The molecule has 5 amide bonds. The largest absolute Gasteiger partial charge is 0.471 e. The summed E-state index contributed by atoms with van der Waals surface area (Å²) in [6, 6.07) is 16.7. The summed E-state index contributed by atoms with van der Waals surface area (Å²) in [4.78, 5) is 54.9. The van der Waals surface area contributed by atoms with Gasteiger partial charge in [-0.2, -0.15) is 26.3 Å². The van der Waals surface area contributed by atoms with Gasteiger partial charge in [0.1, 0.15) is 23.3 Å². The molecule has 67 heavy (non-hydrogen) atoms. The summed E-state index contributed by atoms with van der Waals surface area (Å²) in [6.45, 7) is 1.14. The van der Waals surface area contributed by atoms with Crippen LogP contribution in [0.25, 0.3) is 11.5 Å². The van der Waals surface area contributed by atoms with Gasteiger partial charge < -0.3 is 19.5 Å². The van der Waals surface area contributed by atoms with Crippen molar-refractivity contribution in [1.29, 1.82) is 0 Å². The Kier molecular flexibility index (Phi) is 15.9. The van der Waals surface area contributed by atoms with Gasteiger partial charge in [0.25, 0.3) is 0 Å². The summed E-state index contributed by atoms with van der Waals surface area (Å²) in [7, 11) is 0. The monoisotopic (exact) mass is 949 g/mol. The zero-order valence-electron chi connectivity index (χ0n) is 35.3. The molecule has 0 aliphatic carbocycles. The fraction of sp³-hybridized carbons (Fsp3) is 0.333. The topological polar surface area (TPSA) is 132 Å². The van der Waals surface area contributed by atoms with Gasteiger partial charge in [-0.15, -0.1) is 10.2 Å². The first kappa shape index (κ1) is 49.4. The Bertz CT molecular complexity index is 2520. The fourth-order valence-corrected chi connectivity index (χ4v) is 7.16. The Morgan fingerprint density at radius 2 is 1.04 bits per heavy atom. The predicted molar refractivity (Wildman–Crippen MR) is 221 cm³/mol. The van der Waals surface area contributed by atoms with Gasteiger partial charge >= 0.3 is 36.2 Å². The molecule has 0 bridgehead atoms. The van der Waals surface area contributed by atoms with Crippen molar-refractivity contribution in [3.05, 3.63) is 131 Å². The lowest BCUT2D eigenvalue weighted by atomic mass is 10.1. The highest BCUT2D eigenvalue weighted by Crippen LogP contribution is 2.31. The maximum absolute atomic E-state index is 14.5. The van der Waals surface area contributed by atoms with Crippen molar-refractivity contribution in [2.45, 2.75) is 64.0 Å². The average molecular weight is 950 g/mol. The highest BCUT2D eigenvalue weighted by Gasteiger charge is 2.39. The molecule has 356 valence electrons. The van der Waals surface area contributed by atoms with Crippen molar-refractivity contribution in [1.82, 2.24) is 25.3 Å². The molecule has 22 heteroatoms. The maximum Gasteiger partial charge on any atom is 0.471 e. The fourth-order valence-electron chi connectivity index (χ4n) is 7.16. The van der Waals surface area contributed by atoms with E-state index in [0.717, 1.165) is 50.7 Å². The molecule has 3 heterocycles. The van der Waals surface area contributed by atoms with Crippen molar-refractivity contribution >= 4 is 35.1 Å². The van der Waals surface area contributed by atoms with Gasteiger partial charge in [-0.05, 0) is 86.1 Å². The number of carbonyl (C=O) groups is 4. The summed E-state index contributed by atoms with van der Waals surface area (Å²) in [5.41, 5.74) is 1.21. The Hall–Kier alpha value is -7.00. The molecule has 0 spiro atoms. The smallest absolute Gasteiger partial charge is 0.413 e. The van der Waals surface area contributed by atoms with Crippen LogP contribution >= 0.6 is 0 Å². The lowest BCUT2D eigenvalue weighted by Crippen LogP contribution is -2.45. The zero-order chi connectivity index (χ0) is 48.5. The lowest BCUT2D eigenvalue weighted by Gasteiger charge is -2.33. The molecule has 7 rings (SSSR count). The molecule has 4 aromatic carbocycles. The second-order valence-electron chi connectivity index (χ2n) is 15.4. The van der Waals surface area contributed by atoms with Gasteiger partial charge in [-0.25, -0.2) is 27.2 Å². The van der Waals surface area contributed by atoms with Crippen LogP contribution in [0.3, 0.4) is 0 Å². The third-order valence-electron chi connectivity index (χ3n) is 10.6. The van der Waals surface area contributed by atoms with Crippen molar-refractivity contribution < 1.29 is 67.5 Å². The molecule has 0 saturated carbocycles. The van der Waals surface area contributed by atoms with Crippen LogP contribution in [0.5, 0.6) is 0 Å². The molecule has 2 aliphatic rings. The molecule has 0 unspecified atom stereocenters. The molecule has 12 nitrogen and oxygen atoms in total. The number of halogens is 10. The van der Waals surface area contributed by atoms with Crippen LogP contribution in [-0.4, -0.2) is 82.6 Å². The quantitative estimate of drug-likeness (QED) is 0.109. The number of piperidine rings is 2. The molecular weight excluding hydrogens is 909 g/mol. The van der Waals surface area contributed by atoms with E-state index in [1.165, 1.54) is 63.6 Å². The summed E-state index contributed by atoms with van der Waals surface area (Å²) in [5.74, 6) is -8.04. The van der Waals surface area contributed by atoms with Crippen LogP contribution in [0.1, 0.15) is 65.9 Å². The van der Waals surface area contributed by atoms with Gasteiger partial charge in [0.2, 0.25) is 5.89 Å². The number of hydrogen-bond donors (Lipinski definition) is 1. The highest BCUT2D eigenvalue weighted by molar-refractivity contribution is 6.00. The Labute approximate surface area is 376 Å². The van der Waals surface area contributed by atoms with Crippen LogP contribution < -0.4 is 15.1 Å². The number of alkyl halides is 6. The minimum absolute atomic E-state index is 0.0319. The van der Waals surface area contributed by atoms with Gasteiger partial charge in [-0.3, -0.25) is 19.4 Å². The summed E-state index contributed by atoms with van der Waals surface area (Å²) in [5, 5.41) is 7.91. The van der Waals surface area contributed by atoms with Gasteiger partial charge in [0.15, 0.2) is 5.78 Å². The number of anilines is 2. The van der Waals surface area contributed by atoms with Gasteiger partial charge in [0.05, 0.1) is 31.0 Å². The molecule has 2 aliphatic heterocycles. The first-order valence-corrected chi connectivity index (χ1v) is 20.8. The van der Waals surface area contributed by atoms with Gasteiger partial charge in [-0.1, -0.05) is 36.4 Å². The van der Waals surface area contributed by atoms with Crippen LogP contribution in [0.4, 0.5) is 64.9 Å². The number of carbonyl (C=O) groups excluding carboxylic acids is 4. The van der Waals surface area contributed by atoms with E-state index in [4.69, 9.17) is 0 Å². The number of nitrogens with zero attached hydrogens (tertiary/aromatic N) is 6. The second kappa shape index (κ2) is 21.5. The first-order valence-electron chi connectivity index (χ1n) is 20.8. The molecule has 0 atom stereocenters. The molecule has 5 aromatic rings. The van der Waals surface area contributed by atoms with Crippen LogP contribution in [0.2, 0.25) is 0 Å². The van der Waals surface area contributed by atoms with E-state index in [1.807, 2.05) is 0 Å². The summed E-state index contributed by atoms with van der Waals surface area (Å²) >= 11 is 0. The number of nitrogens with one attached hydrogen (secondary N) is 1. The second-order valence-corrected chi connectivity index (χ2v) is 15.4. The van der Waals surface area contributed by atoms with Crippen LogP contribution in [0, 0.1) is 23.3 Å². The third kappa shape index (κ3) is 13.1. The Balaban J connectivity index is 0.000000221. The van der Waals surface area contributed by atoms with Crippen molar-refractivity contribution in [2.75, 3.05) is 42.5 Å². The number of urea groups is 2.